The van der Waals surface area contributed by atoms with Crippen LogP contribution in [-0.4, -0.2) is 32.4 Å². The number of nitrogens with zero attached hydrogens (tertiary/aromatic N) is 3. The molecule has 0 spiro atoms. The standard InChI is InChI=1S/C20H15N3O4/c1-13(22-12-11-21-17(22)14-7-3-2-4-8-14)20(26)27-23-18(24)15-9-5-6-10-16(15)19(23)25/h2-13H,1H3. The van der Waals surface area contributed by atoms with Crippen LogP contribution in [0.2, 0.25) is 0 Å². The van der Waals surface area contributed by atoms with E-state index in [1.165, 1.54) is 12.1 Å². The van der Waals surface area contributed by atoms with E-state index >= 15 is 0 Å². The van der Waals surface area contributed by atoms with Crippen LogP contribution < -0.4 is 0 Å². The Kier molecular flexibility index (Phi) is 4.04. The third-order valence-electron chi connectivity index (χ3n) is 4.40. The molecule has 2 heterocycles. The highest BCUT2D eigenvalue weighted by Crippen LogP contribution is 2.25. The molecule has 0 aliphatic carbocycles. The number of aromatic nitrogens is 2. The molecule has 1 atom stereocenters. The predicted octanol–water partition coefficient (Wildman–Crippen LogP) is 2.87. The molecule has 0 saturated heterocycles. The Bertz CT molecular complexity index is 1010. The molecule has 27 heavy (non-hydrogen) atoms. The predicted molar refractivity (Wildman–Crippen MR) is 95.4 cm³/mol. The summed E-state index contributed by atoms with van der Waals surface area (Å²) in [5.74, 6) is -1.45. The van der Waals surface area contributed by atoms with E-state index in [9.17, 15) is 14.4 Å². The average molecular weight is 361 g/mol. The first-order valence-corrected chi connectivity index (χ1v) is 8.36. The number of rotatable bonds is 4. The lowest BCUT2D eigenvalue weighted by atomic mass is 10.1. The molecule has 2 amide bonds. The lowest BCUT2D eigenvalue weighted by molar-refractivity contribution is -0.172. The summed E-state index contributed by atoms with van der Waals surface area (Å²) in [6, 6.07) is 14.9. The summed E-state index contributed by atoms with van der Waals surface area (Å²) in [6.07, 6.45) is 3.23. The number of carbonyl (C=O) groups is 3. The molecule has 0 N–H and O–H groups in total. The lowest BCUT2D eigenvalue weighted by Gasteiger charge is -2.18. The number of imide groups is 1. The van der Waals surface area contributed by atoms with Gasteiger partial charge in [-0.15, -0.1) is 0 Å². The molecular formula is C20H15N3O4. The van der Waals surface area contributed by atoms with Gasteiger partial charge in [0, 0.05) is 18.0 Å². The number of imidazole rings is 1. The van der Waals surface area contributed by atoms with Gasteiger partial charge < -0.3 is 9.40 Å². The maximum atomic E-state index is 12.6. The van der Waals surface area contributed by atoms with Crippen LogP contribution in [0.5, 0.6) is 0 Å². The molecule has 1 aliphatic heterocycles. The smallest absolute Gasteiger partial charge is 0.327 e. The molecule has 0 bridgehead atoms. The summed E-state index contributed by atoms with van der Waals surface area (Å²) in [7, 11) is 0. The van der Waals surface area contributed by atoms with Crippen molar-refractivity contribution in [1.82, 2.24) is 14.6 Å². The Morgan fingerprint density at radius 1 is 0.963 bits per heavy atom. The highest BCUT2D eigenvalue weighted by atomic mass is 16.7. The Hall–Kier alpha value is -3.74. The molecule has 4 rings (SSSR count). The van der Waals surface area contributed by atoms with Gasteiger partial charge in [-0.2, -0.15) is 0 Å². The van der Waals surface area contributed by atoms with E-state index < -0.39 is 23.8 Å². The van der Waals surface area contributed by atoms with Gasteiger partial charge in [0.1, 0.15) is 11.9 Å². The summed E-state index contributed by atoms with van der Waals surface area (Å²) in [6.45, 7) is 1.62. The molecule has 0 fully saturated rings. The minimum atomic E-state index is -0.785. The first-order chi connectivity index (χ1) is 13.1. The Balaban J connectivity index is 1.56. The molecule has 134 valence electrons. The van der Waals surface area contributed by atoms with Crippen LogP contribution in [0.1, 0.15) is 33.7 Å². The number of hydroxylamine groups is 2. The quantitative estimate of drug-likeness (QED) is 0.668. The van der Waals surface area contributed by atoms with Crippen molar-refractivity contribution >= 4 is 17.8 Å². The number of carbonyl (C=O) groups excluding carboxylic acids is 3. The summed E-state index contributed by atoms with van der Waals surface area (Å²) in [5.41, 5.74) is 1.27. The molecule has 1 aromatic heterocycles. The van der Waals surface area contributed by atoms with E-state index in [1.54, 1.807) is 36.0 Å². The van der Waals surface area contributed by atoms with E-state index in [1.807, 2.05) is 30.3 Å². The van der Waals surface area contributed by atoms with Gasteiger partial charge in [0.2, 0.25) is 0 Å². The van der Waals surface area contributed by atoms with Crippen molar-refractivity contribution in [2.75, 3.05) is 0 Å². The van der Waals surface area contributed by atoms with E-state index in [0.29, 0.717) is 10.9 Å². The van der Waals surface area contributed by atoms with Crippen LogP contribution in [0.4, 0.5) is 0 Å². The van der Waals surface area contributed by atoms with Crippen LogP contribution in [0.3, 0.4) is 0 Å². The largest absolute Gasteiger partial charge is 0.355 e. The number of hydrogen-bond acceptors (Lipinski definition) is 5. The number of benzene rings is 2. The van der Waals surface area contributed by atoms with Crippen molar-refractivity contribution in [1.29, 1.82) is 0 Å². The number of fused-ring (bicyclic) bond motifs is 1. The molecule has 7 heteroatoms. The lowest BCUT2D eigenvalue weighted by Crippen LogP contribution is -2.35. The first kappa shape index (κ1) is 16.7. The van der Waals surface area contributed by atoms with Crippen molar-refractivity contribution in [3.63, 3.8) is 0 Å². The molecule has 0 radical (unpaired) electrons. The van der Waals surface area contributed by atoms with E-state index in [0.717, 1.165) is 5.56 Å². The van der Waals surface area contributed by atoms with Gasteiger partial charge in [0.05, 0.1) is 11.1 Å². The molecule has 2 aromatic carbocycles. The average Bonchev–Trinajstić information content (AvgIpc) is 3.28. The fourth-order valence-electron chi connectivity index (χ4n) is 2.97. The van der Waals surface area contributed by atoms with Gasteiger partial charge in [-0.25, -0.2) is 9.78 Å². The minimum absolute atomic E-state index is 0.218. The highest BCUT2D eigenvalue weighted by Gasteiger charge is 2.39. The fraction of sp³-hybridized carbons (Fsp3) is 0.100. The van der Waals surface area contributed by atoms with Crippen LogP contribution >= 0.6 is 0 Å². The monoisotopic (exact) mass is 361 g/mol. The summed E-state index contributed by atoms with van der Waals surface area (Å²) in [4.78, 5) is 46.7. The van der Waals surface area contributed by atoms with Crippen LogP contribution in [0.15, 0.2) is 67.0 Å². The summed E-state index contributed by atoms with van der Waals surface area (Å²) >= 11 is 0. The van der Waals surface area contributed by atoms with E-state index in [-0.39, 0.29) is 11.1 Å². The maximum Gasteiger partial charge on any atom is 0.355 e. The number of amides is 2. The molecular weight excluding hydrogens is 346 g/mol. The second-order valence-electron chi connectivity index (χ2n) is 6.06. The summed E-state index contributed by atoms with van der Waals surface area (Å²) < 4.78 is 1.63. The van der Waals surface area contributed by atoms with Gasteiger partial charge in [-0.3, -0.25) is 9.59 Å². The Labute approximate surface area is 154 Å². The number of hydrogen-bond donors (Lipinski definition) is 0. The van der Waals surface area contributed by atoms with Gasteiger partial charge in [-0.05, 0) is 19.1 Å². The van der Waals surface area contributed by atoms with Gasteiger partial charge in [0.15, 0.2) is 0 Å². The first-order valence-electron chi connectivity index (χ1n) is 8.36. The van der Waals surface area contributed by atoms with Crippen molar-refractivity contribution in [2.45, 2.75) is 13.0 Å². The topological polar surface area (TPSA) is 81.5 Å². The zero-order valence-electron chi connectivity index (χ0n) is 14.4. The van der Waals surface area contributed by atoms with Crippen LogP contribution in [0.25, 0.3) is 11.4 Å². The van der Waals surface area contributed by atoms with Crippen LogP contribution in [0, 0.1) is 0 Å². The van der Waals surface area contributed by atoms with Gasteiger partial charge >= 0.3 is 5.97 Å². The molecule has 3 aromatic rings. The van der Waals surface area contributed by atoms with Crippen molar-refractivity contribution < 1.29 is 19.2 Å². The third kappa shape index (κ3) is 2.79. The normalized spacial score (nSPS) is 14.2. The zero-order chi connectivity index (χ0) is 19.0. The van der Waals surface area contributed by atoms with Crippen molar-refractivity contribution in [3.05, 3.63) is 78.1 Å². The SMILES string of the molecule is CC(C(=O)ON1C(=O)c2ccccc2C1=O)n1ccnc1-c1ccccc1. The van der Waals surface area contributed by atoms with E-state index in [2.05, 4.69) is 4.98 Å². The third-order valence-corrected chi connectivity index (χ3v) is 4.40. The Morgan fingerprint density at radius 3 is 2.19 bits per heavy atom. The fourth-order valence-corrected chi connectivity index (χ4v) is 2.97. The van der Waals surface area contributed by atoms with Gasteiger partial charge in [-0.1, -0.05) is 47.5 Å². The molecule has 1 aliphatic rings. The second kappa shape index (κ2) is 6.53. The second-order valence-corrected chi connectivity index (χ2v) is 6.06. The minimum Gasteiger partial charge on any atom is -0.327 e. The molecule has 7 nitrogen and oxygen atoms in total. The van der Waals surface area contributed by atoms with E-state index in [4.69, 9.17) is 4.84 Å². The molecule has 0 saturated carbocycles. The summed E-state index contributed by atoms with van der Waals surface area (Å²) in [5, 5.41) is 0.516. The Morgan fingerprint density at radius 2 is 1.56 bits per heavy atom. The van der Waals surface area contributed by atoms with Crippen molar-refractivity contribution in [3.8, 4) is 11.4 Å². The van der Waals surface area contributed by atoms with Gasteiger partial charge in [0.25, 0.3) is 11.8 Å². The zero-order valence-corrected chi connectivity index (χ0v) is 14.4. The maximum absolute atomic E-state index is 12.6. The van der Waals surface area contributed by atoms with Crippen LogP contribution in [-0.2, 0) is 9.63 Å². The van der Waals surface area contributed by atoms with Crippen molar-refractivity contribution in [2.24, 2.45) is 0 Å². The highest BCUT2D eigenvalue weighted by molar-refractivity contribution is 6.20. The molecule has 1 unspecified atom stereocenters.